The molecule has 0 N–H and O–H groups in total. The van der Waals surface area contributed by atoms with Gasteiger partial charge >= 0.3 is 0 Å². The lowest BCUT2D eigenvalue weighted by atomic mass is 10.2. The number of aryl methyl sites for hydroxylation is 2. The van der Waals surface area contributed by atoms with Gasteiger partial charge in [-0.1, -0.05) is 13.0 Å². The zero-order valence-corrected chi connectivity index (χ0v) is 10.6. The minimum Gasteiger partial charge on any atom is -0.437 e. The molecule has 4 nitrogen and oxygen atoms in total. The molecular weight excluding hydrogens is 245 g/mol. The van der Waals surface area contributed by atoms with Crippen LogP contribution in [0.4, 0.5) is 4.39 Å². The van der Waals surface area contributed by atoms with Gasteiger partial charge in [-0.15, -0.1) is 0 Å². The van der Waals surface area contributed by atoms with Gasteiger partial charge in [0.2, 0.25) is 5.88 Å². The Kier molecular flexibility index (Phi) is 3.71. The Morgan fingerprint density at radius 3 is 2.84 bits per heavy atom. The Labute approximate surface area is 110 Å². The number of ether oxygens (including phenoxy) is 1. The molecule has 0 saturated heterocycles. The van der Waals surface area contributed by atoms with Gasteiger partial charge in [0.25, 0.3) is 0 Å². The van der Waals surface area contributed by atoms with E-state index in [1.54, 1.807) is 19.1 Å². The Morgan fingerprint density at radius 2 is 2.16 bits per heavy atom. The van der Waals surface area contributed by atoms with Gasteiger partial charge in [0.15, 0.2) is 0 Å². The fourth-order valence-electron chi connectivity index (χ4n) is 1.64. The Balaban J connectivity index is 2.39. The van der Waals surface area contributed by atoms with Gasteiger partial charge in [-0.3, -0.25) is 0 Å². The first-order valence-corrected chi connectivity index (χ1v) is 5.85. The molecule has 0 amide bonds. The maximum absolute atomic E-state index is 13.4. The predicted molar refractivity (Wildman–Crippen MR) is 67.3 cm³/mol. The molecule has 0 atom stereocenters. The van der Waals surface area contributed by atoms with Crippen LogP contribution in [0.1, 0.15) is 24.0 Å². The third-order valence-electron chi connectivity index (χ3n) is 2.53. The normalized spacial score (nSPS) is 10.0. The Bertz CT molecular complexity index is 650. The number of aromatic nitrogens is 2. The van der Waals surface area contributed by atoms with Gasteiger partial charge in [-0.05, 0) is 25.5 Å². The van der Waals surface area contributed by atoms with Crippen molar-refractivity contribution in [3.05, 3.63) is 47.2 Å². The maximum Gasteiger partial charge on any atom is 0.222 e. The van der Waals surface area contributed by atoms with Crippen LogP contribution in [0.25, 0.3) is 0 Å². The lowest BCUT2D eigenvalue weighted by Gasteiger charge is -2.08. The first-order chi connectivity index (χ1) is 9.13. The van der Waals surface area contributed by atoms with Gasteiger partial charge in [-0.25, -0.2) is 9.37 Å². The highest BCUT2D eigenvalue weighted by Crippen LogP contribution is 2.25. The summed E-state index contributed by atoms with van der Waals surface area (Å²) in [5.41, 5.74) is 0.703. The first-order valence-electron chi connectivity index (χ1n) is 5.85. The summed E-state index contributed by atoms with van der Waals surface area (Å²) in [4.78, 5) is 8.34. The van der Waals surface area contributed by atoms with Crippen molar-refractivity contribution in [2.75, 3.05) is 0 Å². The third-order valence-corrected chi connectivity index (χ3v) is 2.53. The van der Waals surface area contributed by atoms with Crippen molar-refractivity contribution in [1.29, 1.82) is 5.26 Å². The second-order valence-electron chi connectivity index (χ2n) is 3.93. The molecule has 0 fully saturated rings. The monoisotopic (exact) mass is 257 g/mol. The van der Waals surface area contributed by atoms with Crippen LogP contribution in [0.5, 0.6) is 11.6 Å². The molecule has 1 aromatic carbocycles. The molecule has 2 aromatic rings. The fraction of sp³-hybridized carbons (Fsp3) is 0.214. The molecule has 96 valence electrons. The molecule has 0 unspecified atom stereocenters. The Hall–Kier alpha value is -2.48. The lowest BCUT2D eigenvalue weighted by molar-refractivity contribution is 0.452. The number of hydrogen-bond acceptors (Lipinski definition) is 4. The fourth-order valence-corrected chi connectivity index (χ4v) is 1.64. The number of nitriles is 1. The molecule has 1 aromatic heterocycles. The summed E-state index contributed by atoms with van der Waals surface area (Å²) in [6, 6.07) is 7.70. The Morgan fingerprint density at radius 1 is 1.37 bits per heavy atom. The maximum atomic E-state index is 13.4. The summed E-state index contributed by atoms with van der Waals surface area (Å²) >= 11 is 0. The smallest absolute Gasteiger partial charge is 0.222 e. The number of rotatable bonds is 3. The van der Waals surface area contributed by atoms with Gasteiger partial charge < -0.3 is 4.74 Å². The third kappa shape index (κ3) is 2.86. The summed E-state index contributed by atoms with van der Waals surface area (Å²) in [7, 11) is 0. The highest BCUT2D eigenvalue weighted by atomic mass is 19.1. The van der Waals surface area contributed by atoms with Crippen LogP contribution < -0.4 is 4.74 Å². The number of benzene rings is 1. The van der Waals surface area contributed by atoms with Crippen molar-refractivity contribution in [2.24, 2.45) is 0 Å². The second-order valence-corrected chi connectivity index (χ2v) is 3.93. The molecule has 0 aliphatic heterocycles. The van der Waals surface area contributed by atoms with Crippen LogP contribution in [0.2, 0.25) is 0 Å². The van der Waals surface area contributed by atoms with Crippen molar-refractivity contribution >= 4 is 0 Å². The van der Waals surface area contributed by atoms with E-state index in [4.69, 9.17) is 10.00 Å². The van der Waals surface area contributed by atoms with E-state index in [1.165, 1.54) is 18.2 Å². The highest BCUT2D eigenvalue weighted by molar-refractivity contribution is 5.45. The van der Waals surface area contributed by atoms with Crippen LogP contribution in [0.3, 0.4) is 0 Å². The van der Waals surface area contributed by atoms with E-state index in [0.29, 0.717) is 11.7 Å². The molecule has 0 saturated carbocycles. The van der Waals surface area contributed by atoms with Crippen LogP contribution >= 0.6 is 0 Å². The molecule has 19 heavy (non-hydrogen) atoms. The summed E-state index contributed by atoms with van der Waals surface area (Å²) in [6.45, 7) is 3.72. The summed E-state index contributed by atoms with van der Waals surface area (Å²) in [6.07, 6.45) is 0.744. The molecule has 0 bridgehead atoms. The van der Waals surface area contributed by atoms with Gasteiger partial charge in [-0.2, -0.15) is 10.2 Å². The highest BCUT2D eigenvalue weighted by Gasteiger charge is 2.11. The summed E-state index contributed by atoms with van der Waals surface area (Å²) in [5, 5.41) is 8.93. The average molecular weight is 257 g/mol. The van der Waals surface area contributed by atoms with Crippen molar-refractivity contribution in [3.8, 4) is 17.7 Å². The molecular formula is C14H12FN3O. The van der Waals surface area contributed by atoms with E-state index in [-0.39, 0.29) is 11.3 Å². The van der Waals surface area contributed by atoms with Crippen LogP contribution in [-0.2, 0) is 6.42 Å². The van der Waals surface area contributed by atoms with E-state index >= 15 is 0 Å². The van der Waals surface area contributed by atoms with Crippen LogP contribution in [-0.4, -0.2) is 9.97 Å². The quantitative estimate of drug-likeness (QED) is 0.847. The number of hydrogen-bond donors (Lipinski definition) is 0. The minimum atomic E-state index is -0.610. The first kappa shape index (κ1) is 13.0. The summed E-state index contributed by atoms with van der Waals surface area (Å²) in [5.74, 6) is 0.430. The lowest BCUT2D eigenvalue weighted by Crippen LogP contribution is -1.99. The van der Waals surface area contributed by atoms with Crippen molar-refractivity contribution in [2.45, 2.75) is 20.3 Å². The zero-order chi connectivity index (χ0) is 13.8. The van der Waals surface area contributed by atoms with E-state index in [9.17, 15) is 4.39 Å². The van der Waals surface area contributed by atoms with Gasteiger partial charge in [0.1, 0.15) is 29.0 Å². The minimum absolute atomic E-state index is 0.128. The number of halogens is 1. The van der Waals surface area contributed by atoms with Crippen molar-refractivity contribution in [3.63, 3.8) is 0 Å². The van der Waals surface area contributed by atoms with E-state index in [1.807, 2.05) is 6.92 Å². The average Bonchev–Trinajstić information content (AvgIpc) is 2.38. The van der Waals surface area contributed by atoms with Gasteiger partial charge in [0.05, 0.1) is 0 Å². The van der Waals surface area contributed by atoms with E-state index < -0.39 is 5.82 Å². The molecule has 5 heteroatoms. The van der Waals surface area contributed by atoms with Crippen molar-refractivity contribution < 1.29 is 9.13 Å². The van der Waals surface area contributed by atoms with Crippen LogP contribution in [0, 0.1) is 24.1 Å². The molecule has 0 spiro atoms. The SMILES string of the molecule is CCc1cc(Oc2cccc(F)c2C#N)nc(C)n1. The summed E-state index contributed by atoms with van der Waals surface area (Å²) < 4.78 is 18.9. The van der Waals surface area contributed by atoms with Crippen molar-refractivity contribution in [1.82, 2.24) is 9.97 Å². The molecule has 0 radical (unpaired) electrons. The molecule has 1 heterocycles. The van der Waals surface area contributed by atoms with Gasteiger partial charge in [0, 0.05) is 11.8 Å². The van der Waals surface area contributed by atoms with Crippen LogP contribution in [0.15, 0.2) is 24.3 Å². The zero-order valence-electron chi connectivity index (χ0n) is 10.6. The molecule has 0 aliphatic rings. The largest absolute Gasteiger partial charge is 0.437 e. The second kappa shape index (κ2) is 5.44. The standard InChI is InChI=1S/C14H12FN3O/c1-3-10-7-14(18-9(2)17-10)19-13-6-4-5-12(15)11(13)8-16/h4-7H,3H2,1-2H3. The number of nitrogens with zero attached hydrogens (tertiary/aromatic N) is 3. The van der Waals surface area contributed by atoms with E-state index in [0.717, 1.165) is 12.1 Å². The molecule has 2 rings (SSSR count). The van der Waals surface area contributed by atoms with E-state index in [2.05, 4.69) is 9.97 Å². The predicted octanol–water partition coefficient (Wildman–Crippen LogP) is 3.15. The topological polar surface area (TPSA) is 58.8 Å². The molecule has 0 aliphatic carbocycles.